The van der Waals surface area contributed by atoms with Gasteiger partial charge in [-0.3, -0.25) is 4.79 Å². The number of aryl methyl sites for hydroxylation is 2. The maximum absolute atomic E-state index is 12.7. The molecular formula is C19H23N5O2S. The number of fused-ring (bicyclic) bond motifs is 1. The molecule has 2 aliphatic heterocycles. The predicted molar refractivity (Wildman–Crippen MR) is 104 cm³/mol. The third-order valence-electron chi connectivity index (χ3n) is 5.38. The summed E-state index contributed by atoms with van der Waals surface area (Å²) < 4.78 is 7.33. The summed E-state index contributed by atoms with van der Waals surface area (Å²) in [5.74, 6) is 4.18. The van der Waals surface area contributed by atoms with E-state index in [1.54, 1.807) is 10.7 Å². The fourth-order valence-corrected chi connectivity index (χ4v) is 4.72. The normalized spacial score (nSPS) is 24.6. The molecule has 7 nitrogen and oxygen atoms in total. The molecule has 1 saturated carbocycles. The quantitative estimate of drug-likeness (QED) is 0.863. The zero-order valence-electron chi connectivity index (χ0n) is 15.4. The summed E-state index contributed by atoms with van der Waals surface area (Å²) in [7, 11) is 0. The van der Waals surface area contributed by atoms with Crippen LogP contribution >= 0.6 is 11.8 Å². The summed E-state index contributed by atoms with van der Waals surface area (Å²) in [5.41, 5.74) is 3.05. The molecular weight excluding hydrogens is 362 g/mol. The molecule has 3 aliphatic rings. The number of aromatic nitrogens is 4. The highest BCUT2D eigenvalue weighted by Crippen LogP contribution is 2.38. The lowest BCUT2D eigenvalue weighted by atomic mass is 10.1. The topological polar surface area (TPSA) is 81.9 Å². The molecule has 1 saturated heterocycles. The summed E-state index contributed by atoms with van der Waals surface area (Å²) in [6.07, 6.45) is 3.26. The Morgan fingerprint density at radius 3 is 3.00 bits per heavy atom. The lowest BCUT2D eigenvalue weighted by Gasteiger charge is -2.23. The molecule has 0 radical (unpaired) electrons. The molecule has 2 aromatic heterocycles. The van der Waals surface area contributed by atoms with Gasteiger partial charge in [0, 0.05) is 35.9 Å². The van der Waals surface area contributed by atoms with Crippen molar-refractivity contribution in [3.63, 3.8) is 0 Å². The monoisotopic (exact) mass is 385 g/mol. The number of hydrogen-bond acceptors (Lipinski definition) is 7. The molecule has 1 N–H and O–H groups in total. The van der Waals surface area contributed by atoms with Crippen LogP contribution in [0.5, 0.6) is 0 Å². The first kappa shape index (κ1) is 17.2. The Bertz CT molecular complexity index is 927. The van der Waals surface area contributed by atoms with Crippen LogP contribution < -0.4 is 10.9 Å². The third-order valence-corrected chi connectivity index (χ3v) is 6.38. The zero-order chi connectivity index (χ0) is 18.4. The second-order valence-electron chi connectivity index (χ2n) is 7.58. The Labute approximate surface area is 161 Å². The lowest BCUT2D eigenvalue weighted by Crippen LogP contribution is -2.38. The van der Waals surface area contributed by atoms with Crippen LogP contribution in [-0.2, 0) is 16.9 Å². The third kappa shape index (κ3) is 3.48. The van der Waals surface area contributed by atoms with E-state index < -0.39 is 0 Å². The first-order chi connectivity index (χ1) is 13.2. The highest BCUT2D eigenvalue weighted by atomic mass is 32.2. The lowest BCUT2D eigenvalue weighted by molar-refractivity contribution is 0.182. The number of rotatable bonds is 4. The largest absolute Gasteiger partial charge is 0.377 e. The molecule has 0 spiro atoms. The van der Waals surface area contributed by atoms with Crippen molar-refractivity contribution in [1.82, 2.24) is 19.7 Å². The van der Waals surface area contributed by atoms with E-state index in [4.69, 9.17) is 14.8 Å². The first-order valence-electron chi connectivity index (χ1n) is 9.56. The van der Waals surface area contributed by atoms with Gasteiger partial charge < -0.3 is 10.1 Å². The molecule has 1 aliphatic carbocycles. The number of hydrogen-bond donors (Lipinski definition) is 1. The minimum atomic E-state index is -0.128. The molecule has 8 heteroatoms. The predicted octanol–water partition coefficient (Wildman–Crippen LogP) is 2.06. The fourth-order valence-electron chi connectivity index (χ4n) is 3.77. The van der Waals surface area contributed by atoms with Crippen LogP contribution in [0, 0.1) is 6.92 Å². The van der Waals surface area contributed by atoms with Gasteiger partial charge in [-0.25, -0.2) is 14.6 Å². The van der Waals surface area contributed by atoms with Crippen molar-refractivity contribution in [2.24, 2.45) is 0 Å². The van der Waals surface area contributed by atoms with E-state index in [2.05, 4.69) is 10.3 Å². The highest BCUT2D eigenvalue weighted by Gasteiger charge is 2.33. The maximum atomic E-state index is 12.7. The van der Waals surface area contributed by atoms with Gasteiger partial charge in [0.25, 0.3) is 5.56 Å². The SMILES string of the molecule is Cc1cc(NC2COCC2n2nc3c(cc2=O)CSCC3)nc(C2CC2)n1. The van der Waals surface area contributed by atoms with Gasteiger partial charge in [0.05, 0.1) is 24.9 Å². The standard InChI is InChI=1S/C19H23N5O2S/c1-11-6-17(22-19(20-11)12-2-3-12)21-15-8-26-9-16(15)24-18(25)7-13-10-27-5-4-14(13)23-24/h6-7,12,15-16H,2-5,8-10H2,1H3,(H,20,21,22). The van der Waals surface area contributed by atoms with E-state index >= 15 is 0 Å². The van der Waals surface area contributed by atoms with Crippen LogP contribution in [0.1, 0.15) is 47.6 Å². The van der Waals surface area contributed by atoms with Crippen molar-refractivity contribution in [3.8, 4) is 0 Å². The van der Waals surface area contributed by atoms with Gasteiger partial charge in [0.2, 0.25) is 0 Å². The van der Waals surface area contributed by atoms with E-state index in [0.29, 0.717) is 19.1 Å². The number of anilines is 1. The number of nitrogens with one attached hydrogen (secondary N) is 1. The van der Waals surface area contributed by atoms with Crippen LogP contribution in [0.25, 0.3) is 0 Å². The van der Waals surface area contributed by atoms with Crippen LogP contribution in [0.2, 0.25) is 0 Å². The van der Waals surface area contributed by atoms with Gasteiger partial charge in [0.15, 0.2) is 0 Å². The maximum Gasteiger partial charge on any atom is 0.267 e. The van der Waals surface area contributed by atoms with Crippen molar-refractivity contribution in [2.75, 3.05) is 24.3 Å². The van der Waals surface area contributed by atoms with Crippen molar-refractivity contribution >= 4 is 17.6 Å². The summed E-state index contributed by atoms with van der Waals surface area (Å²) in [6, 6.07) is 3.55. The second-order valence-corrected chi connectivity index (χ2v) is 8.69. The average molecular weight is 385 g/mol. The molecule has 0 amide bonds. The molecule has 0 bridgehead atoms. The molecule has 2 aromatic rings. The van der Waals surface area contributed by atoms with Crippen LogP contribution in [0.15, 0.2) is 16.9 Å². The van der Waals surface area contributed by atoms with E-state index in [0.717, 1.165) is 46.5 Å². The Kier molecular flexibility index (Phi) is 4.40. The molecule has 0 aromatic carbocycles. The summed E-state index contributed by atoms with van der Waals surface area (Å²) in [6.45, 7) is 3.01. The Morgan fingerprint density at radius 2 is 2.15 bits per heavy atom. The molecule has 5 rings (SSSR count). The number of nitrogens with zero attached hydrogens (tertiary/aromatic N) is 4. The zero-order valence-corrected chi connectivity index (χ0v) is 16.2. The molecule has 2 fully saturated rings. The van der Waals surface area contributed by atoms with Crippen molar-refractivity contribution in [2.45, 2.75) is 49.9 Å². The summed E-state index contributed by atoms with van der Waals surface area (Å²) in [4.78, 5) is 21.9. The van der Waals surface area contributed by atoms with Gasteiger partial charge in [-0.1, -0.05) is 0 Å². The smallest absolute Gasteiger partial charge is 0.267 e. The Morgan fingerprint density at radius 1 is 1.26 bits per heavy atom. The van der Waals surface area contributed by atoms with Gasteiger partial charge in [-0.2, -0.15) is 16.9 Å². The van der Waals surface area contributed by atoms with Gasteiger partial charge in [-0.05, 0) is 31.1 Å². The molecule has 27 heavy (non-hydrogen) atoms. The number of ether oxygens (including phenoxy) is 1. The van der Waals surface area contributed by atoms with E-state index in [1.165, 1.54) is 12.8 Å². The molecule has 142 valence electrons. The molecule has 4 heterocycles. The van der Waals surface area contributed by atoms with Gasteiger partial charge in [0.1, 0.15) is 17.7 Å². The van der Waals surface area contributed by atoms with Crippen molar-refractivity contribution in [3.05, 3.63) is 45.3 Å². The number of thioether (sulfide) groups is 1. The minimum absolute atomic E-state index is 0.0347. The highest BCUT2D eigenvalue weighted by molar-refractivity contribution is 7.98. The Balaban J connectivity index is 1.42. The van der Waals surface area contributed by atoms with E-state index in [9.17, 15) is 4.79 Å². The van der Waals surface area contributed by atoms with Gasteiger partial charge in [-0.15, -0.1) is 0 Å². The van der Waals surface area contributed by atoms with Crippen molar-refractivity contribution in [1.29, 1.82) is 0 Å². The van der Waals surface area contributed by atoms with Gasteiger partial charge >= 0.3 is 0 Å². The summed E-state index contributed by atoms with van der Waals surface area (Å²) in [5, 5.41) is 8.18. The fraction of sp³-hybridized carbons (Fsp3) is 0.579. The van der Waals surface area contributed by atoms with E-state index in [1.807, 2.05) is 24.8 Å². The van der Waals surface area contributed by atoms with Crippen molar-refractivity contribution < 1.29 is 4.74 Å². The summed E-state index contributed by atoms with van der Waals surface area (Å²) >= 11 is 1.86. The van der Waals surface area contributed by atoms with Crippen LogP contribution in [-0.4, -0.2) is 44.8 Å². The van der Waals surface area contributed by atoms with Crippen LogP contribution in [0.4, 0.5) is 5.82 Å². The Hall–Kier alpha value is -1.93. The van der Waals surface area contributed by atoms with E-state index in [-0.39, 0.29) is 17.6 Å². The molecule has 2 atom stereocenters. The van der Waals surface area contributed by atoms with Crippen LogP contribution in [0.3, 0.4) is 0 Å². The minimum Gasteiger partial charge on any atom is -0.377 e. The second kappa shape index (κ2) is 6.91. The molecule has 2 unspecified atom stereocenters. The average Bonchev–Trinajstić information content (AvgIpc) is 3.41. The first-order valence-corrected chi connectivity index (χ1v) is 10.7.